The summed E-state index contributed by atoms with van der Waals surface area (Å²) in [5.74, 6) is 2.50. The van der Waals surface area contributed by atoms with Gasteiger partial charge in [-0.05, 0) is 79.4 Å². The van der Waals surface area contributed by atoms with Crippen molar-refractivity contribution >= 4 is 11.6 Å². The lowest BCUT2D eigenvalue weighted by Crippen LogP contribution is -2.80. The minimum atomic E-state index is -0.0295. The zero-order valence-corrected chi connectivity index (χ0v) is 22.2. The first kappa shape index (κ1) is 24.8. The van der Waals surface area contributed by atoms with Crippen molar-refractivity contribution in [1.29, 1.82) is 0 Å². The predicted molar refractivity (Wildman–Crippen MR) is 137 cm³/mol. The Morgan fingerprint density at radius 2 is 1.76 bits per heavy atom. The van der Waals surface area contributed by atoms with Gasteiger partial charge in [-0.2, -0.15) is 0 Å². The Bertz CT molecular complexity index is 800. The number of carbonyl (C=O) groups excluding carboxylic acids is 1. The average molecular weight is 457 g/mol. The quantitative estimate of drug-likeness (QED) is 0.548. The van der Waals surface area contributed by atoms with Crippen LogP contribution >= 0.6 is 0 Å². The maximum atomic E-state index is 13.6. The predicted octanol–water partition coefficient (Wildman–Crippen LogP) is 4.48. The molecule has 4 heteroatoms. The minimum Gasteiger partial charge on any atom is -0.394 e. The van der Waals surface area contributed by atoms with E-state index in [0.717, 1.165) is 24.3 Å². The molecule has 0 spiro atoms. The molecule has 4 saturated carbocycles. The van der Waals surface area contributed by atoms with Crippen molar-refractivity contribution in [2.24, 2.45) is 40.2 Å². The Labute approximate surface area is 202 Å². The molecule has 4 nitrogen and oxygen atoms in total. The van der Waals surface area contributed by atoms with Gasteiger partial charge in [0.1, 0.15) is 5.70 Å². The highest BCUT2D eigenvalue weighted by Gasteiger charge is 2.52. The molecule has 6 unspecified atom stereocenters. The molecule has 2 bridgehead atoms. The maximum Gasteiger partial charge on any atom is 0.267 e. The summed E-state index contributed by atoms with van der Waals surface area (Å²) in [6.07, 6.45) is 13.3. The molecule has 4 fully saturated rings. The zero-order chi connectivity index (χ0) is 24.0. The monoisotopic (exact) mass is 456 g/mol. The molecule has 0 aromatic rings. The third kappa shape index (κ3) is 5.05. The summed E-state index contributed by atoms with van der Waals surface area (Å²) >= 11 is 0. The maximum absolute atomic E-state index is 13.6. The van der Waals surface area contributed by atoms with Gasteiger partial charge in [0.15, 0.2) is 11.8 Å². The van der Waals surface area contributed by atoms with E-state index in [0.29, 0.717) is 29.5 Å². The van der Waals surface area contributed by atoms with Crippen LogP contribution in [-0.4, -0.2) is 23.7 Å². The first-order valence-electron chi connectivity index (χ1n) is 13.9. The van der Waals surface area contributed by atoms with Gasteiger partial charge in [0.2, 0.25) is 0 Å². The SMILES string of the molecule is CC1C2CCC(C)(C2)C(NC(=O)C(N)=C2CC(C(C)(C)C)CCC2=[NH+]C2CCCCC2)C1C. The van der Waals surface area contributed by atoms with Crippen molar-refractivity contribution in [3.8, 4) is 0 Å². The van der Waals surface area contributed by atoms with Crippen LogP contribution in [0.4, 0.5) is 0 Å². The van der Waals surface area contributed by atoms with Crippen molar-refractivity contribution < 1.29 is 9.79 Å². The highest BCUT2D eigenvalue weighted by molar-refractivity contribution is 6.05. The number of fused-ring (bicyclic) bond motifs is 2. The molecule has 33 heavy (non-hydrogen) atoms. The van der Waals surface area contributed by atoms with E-state index in [4.69, 9.17) is 5.73 Å². The number of hydrogen-bond donors (Lipinski definition) is 3. The Hall–Kier alpha value is -1.32. The largest absolute Gasteiger partial charge is 0.394 e. The first-order chi connectivity index (χ1) is 15.5. The van der Waals surface area contributed by atoms with E-state index >= 15 is 0 Å². The average Bonchev–Trinajstić information content (AvgIpc) is 3.15. The summed E-state index contributed by atoms with van der Waals surface area (Å²) < 4.78 is 0. The molecule has 6 atom stereocenters. The van der Waals surface area contributed by atoms with Gasteiger partial charge >= 0.3 is 0 Å². The molecule has 0 aliphatic heterocycles. The number of rotatable bonds is 3. The third-order valence-corrected chi connectivity index (χ3v) is 10.3. The molecule has 0 radical (unpaired) electrons. The van der Waals surface area contributed by atoms with Crippen LogP contribution in [0.2, 0.25) is 0 Å². The van der Waals surface area contributed by atoms with Crippen molar-refractivity contribution in [2.75, 3.05) is 0 Å². The Balaban J connectivity index is 1.60. The smallest absolute Gasteiger partial charge is 0.267 e. The van der Waals surface area contributed by atoms with Crippen LogP contribution in [0.25, 0.3) is 0 Å². The van der Waals surface area contributed by atoms with E-state index in [9.17, 15) is 4.79 Å². The van der Waals surface area contributed by atoms with E-state index in [-0.39, 0.29) is 22.8 Å². The molecule has 1 amide bonds. The molecule has 0 aromatic carbocycles. The fourth-order valence-corrected chi connectivity index (χ4v) is 7.68. The molecule has 0 aromatic heterocycles. The van der Waals surface area contributed by atoms with Gasteiger partial charge in [-0.25, -0.2) is 4.99 Å². The first-order valence-corrected chi connectivity index (χ1v) is 13.9. The highest BCUT2D eigenvalue weighted by atomic mass is 16.2. The molecular formula is C29H50N3O+. The molecule has 4 N–H and O–H groups in total. The van der Waals surface area contributed by atoms with E-state index < -0.39 is 0 Å². The lowest BCUT2D eigenvalue weighted by atomic mass is 9.64. The van der Waals surface area contributed by atoms with Crippen molar-refractivity contribution in [1.82, 2.24) is 5.32 Å². The second-order valence-electron chi connectivity index (χ2n) is 13.5. The number of amides is 1. The number of hydrogen-bond acceptors (Lipinski definition) is 2. The molecule has 0 heterocycles. The summed E-state index contributed by atoms with van der Waals surface area (Å²) in [4.78, 5) is 17.5. The second kappa shape index (κ2) is 9.38. The van der Waals surface area contributed by atoms with Crippen LogP contribution in [0.15, 0.2) is 11.3 Å². The van der Waals surface area contributed by atoms with Crippen LogP contribution in [0.5, 0.6) is 0 Å². The van der Waals surface area contributed by atoms with Crippen LogP contribution in [0.1, 0.15) is 112 Å². The van der Waals surface area contributed by atoms with Gasteiger partial charge in [-0.1, -0.05) is 48.0 Å². The van der Waals surface area contributed by atoms with E-state index in [1.807, 2.05) is 0 Å². The lowest BCUT2D eigenvalue weighted by molar-refractivity contribution is -0.508. The number of carbonyl (C=O) groups is 1. The summed E-state index contributed by atoms with van der Waals surface area (Å²) in [5, 5.41) is 3.48. The molecule has 186 valence electrons. The van der Waals surface area contributed by atoms with E-state index in [1.54, 1.807) is 0 Å². The summed E-state index contributed by atoms with van der Waals surface area (Å²) in [6.45, 7) is 14.1. The third-order valence-electron chi connectivity index (χ3n) is 10.3. The van der Waals surface area contributed by atoms with Gasteiger partial charge in [0, 0.05) is 30.9 Å². The van der Waals surface area contributed by atoms with Gasteiger partial charge in [-0.15, -0.1) is 0 Å². The van der Waals surface area contributed by atoms with Gasteiger partial charge < -0.3 is 11.1 Å². The van der Waals surface area contributed by atoms with E-state index in [1.165, 1.54) is 63.5 Å². The fraction of sp³-hybridized carbons (Fsp3) is 0.862. The number of nitrogens with two attached hydrogens (primary N) is 1. The Morgan fingerprint density at radius 3 is 2.42 bits per heavy atom. The Kier molecular flexibility index (Phi) is 7.05. The van der Waals surface area contributed by atoms with Crippen LogP contribution < -0.4 is 16.0 Å². The minimum absolute atomic E-state index is 0.0295. The van der Waals surface area contributed by atoms with Crippen molar-refractivity contribution in [3.05, 3.63) is 11.3 Å². The van der Waals surface area contributed by atoms with Crippen LogP contribution in [-0.2, 0) is 4.79 Å². The topological polar surface area (TPSA) is 69.1 Å². The zero-order valence-electron chi connectivity index (χ0n) is 22.2. The highest BCUT2D eigenvalue weighted by Crippen LogP contribution is 2.55. The molecule has 4 aliphatic rings. The lowest BCUT2D eigenvalue weighted by Gasteiger charge is -2.46. The molecular weight excluding hydrogens is 406 g/mol. The van der Waals surface area contributed by atoms with Crippen LogP contribution in [0.3, 0.4) is 0 Å². The van der Waals surface area contributed by atoms with Crippen LogP contribution in [0, 0.1) is 34.5 Å². The number of allylic oxidation sites excluding steroid dienone is 1. The standard InChI is InChI=1S/C29H49N3O/c1-18-19(2)26(29(6)15-14-20(18)17-29)32-27(33)25(30)23-16-21(28(3,4)5)12-13-24(23)31-22-10-8-7-9-11-22/h18-22,26H,7-17,30H2,1-6H3,(H,32,33)/p+1. The van der Waals surface area contributed by atoms with E-state index in [2.05, 4.69) is 51.9 Å². The summed E-state index contributed by atoms with van der Waals surface area (Å²) in [5.41, 5.74) is 10.0. The normalized spacial score (nSPS) is 40.7. The van der Waals surface area contributed by atoms with Crippen molar-refractivity contribution in [2.45, 2.75) is 124 Å². The van der Waals surface area contributed by atoms with Crippen molar-refractivity contribution in [3.63, 3.8) is 0 Å². The summed E-state index contributed by atoms with van der Waals surface area (Å²) in [7, 11) is 0. The van der Waals surface area contributed by atoms with Gasteiger partial charge in [0.05, 0.1) is 0 Å². The van der Waals surface area contributed by atoms with Gasteiger partial charge in [0.25, 0.3) is 5.91 Å². The molecule has 4 rings (SSSR count). The molecule has 0 saturated heterocycles. The number of nitrogens with one attached hydrogen (secondary N) is 2. The fourth-order valence-electron chi connectivity index (χ4n) is 7.68. The van der Waals surface area contributed by atoms with Gasteiger partial charge in [-0.3, -0.25) is 4.79 Å². The Morgan fingerprint density at radius 1 is 1.06 bits per heavy atom. The molecule has 4 aliphatic carbocycles. The second-order valence-corrected chi connectivity index (χ2v) is 13.5. The summed E-state index contributed by atoms with van der Waals surface area (Å²) in [6, 6.07) is 0.758.